The Morgan fingerprint density at radius 1 is 1.19 bits per heavy atom. The number of carbonyl (C=O) groups is 1. The molecular weight excluding hydrogens is 415 g/mol. The Balaban J connectivity index is 1.53. The van der Waals surface area contributed by atoms with Gasteiger partial charge >= 0.3 is 0 Å². The van der Waals surface area contributed by atoms with Gasteiger partial charge in [0.2, 0.25) is 0 Å². The van der Waals surface area contributed by atoms with Crippen LogP contribution in [0, 0.1) is 17.1 Å². The first kappa shape index (κ1) is 19.1. The van der Waals surface area contributed by atoms with Crippen molar-refractivity contribution in [1.82, 2.24) is 19.7 Å². The Hall–Kier alpha value is -3.90. The summed E-state index contributed by atoms with van der Waals surface area (Å²) in [5, 5.41) is 17.1. The zero-order valence-electron chi connectivity index (χ0n) is 16.2. The Labute approximate surface area is 180 Å². The summed E-state index contributed by atoms with van der Waals surface area (Å²) in [5.74, 6) is -0.862. The Morgan fingerprint density at radius 3 is 2.81 bits per heavy atom. The third-order valence-electron chi connectivity index (χ3n) is 5.05. The lowest BCUT2D eigenvalue weighted by Gasteiger charge is -2.06. The van der Waals surface area contributed by atoms with Crippen LogP contribution >= 0.6 is 11.3 Å². The van der Waals surface area contributed by atoms with Crippen LogP contribution < -0.4 is 5.32 Å². The fourth-order valence-electron chi connectivity index (χ4n) is 3.70. The molecule has 0 atom stereocenters. The number of amides is 1. The second kappa shape index (κ2) is 7.74. The van der Waals surface area contributed by atoms with E-state index in [0.29, 0.717) is 40.5 Å². The molecule has 152 valence electrons. The number of nitrogens with zero attached hydrogens (tertiary/aromatic N) is 5. The van der Waals surface area contributed by atoms with Gasteiger partial charge < -0.3 is 0 Å². The highest BCUT2D eigenvalue weighted by atomic mass is 32.1. The van der Waals surface area contributed by atoms with Gasteiger partial charge in [0.25, 0.3) is 5.91 Å². The van der Waals surface area contributed by atoms with Crippen LogP contribution in [0.1, 0.15) is 27.3 Å². The van der Waals surface area contributed by atoms with Gasteiger partial charge in [-0.3, -0.25) is 19.8 Å². The number of aromatic nitrogens is 4. The lowest BCUT2D eigenvalue weighted by molar-refractivity contribution is 0.102. The molecule has 0 fully saturated rings. The lowest BCUT2D eigenvalue weighted by Crippen LogP contribution is -2.14. The number of rotatable bonds is 4. The van der Waals surface area contributed by atoms with Crippen molar-refractivity contribution in [2.24, 2.45) is 0 Å². The maximum atomic E-state index is 14.5. The molecule has 0 saturated heterocycles. The quantitative estimate of drug-likeness (QED) is 0.521. The zero-order chi connectivity index (χ0) is 21.4. The van der Waals surface area contributed by atoms with Crippen molar-refractivity contribution in [2.45, 2.75) is 19.4 Å². The molecule has 0 spiro atoms. The van der Waals surface area contributed by atoms with Crippen LogP contribution in [0.3, 0.4) is 0 Å². The van der Waals surface area contributed by atoms with E-state index in [-0.39, 0.29) is 10.7 Å². The maximum absolute atomic E-state index is 14.5. The standard InChI is InChI=1S/C22H15FN6OS/c23-14-7-2-1-6-13(14)19-18(16-9-5-11-29(16)28-19)21(30)27-22-26-20(17(12-24)31-22)15-8-3-4-10-25-15/h1-4,6-8,10H,5,9,11H2,(H,26,27,30). The van der Waals surface area contributed by atoms with Crippen LogP contribution in [0.15, 0.2) is 48.7 Å². The van der Waals surface area contributed by atoms with E-state index >= 15 is 0 Å². The van der Waals surface area contributed by atoms with Gasteiger partial charge in [-0.15, -0.1) is 0 Å². The molecule has 1 aromatic carbocycles. The van der Waals surface area contributed by atoms with Crippen molar-refractivity contribution < 1.29 is 9.18 Å². The summed E-state index contributed by atoms with van der Waals surface area (Å²) >= 11 is 1.07. The van der Waals surface area contributed by atoms with Crippen molar-refractivity contribution >= 4 is 22.4 Å². The monoisotopic (exact) mass is 430 g/mol. The molecule has 4 aromatic rings. The summed E-state index contributed by atoms with van der Waals surface area (Å²) in [6.07, 6.45) is 3.18. The van der Waals surface area contributed by atoms with Gasteiger partial charge in [-0.25, -0.2) is 9.37 Å². The summed E-state index contributed by atoms with van der Waals surface area (Å²) in [7, 11) is 0. The summed E-state index contributed by atoms with van der Waals surface area (Å²) in [6, 6.07) is 13.7. The number of halogens is 1. The minimum absolute atomic E-state index is 0.277. The number of nitriles is 1. The fourth-order valence-corrected chi connectivity index (χ4v) is 4.46. The Kier molecular flexibility index (Phi) is 4.76. The Morgan fingerprint density at radius 2 is 2.03 bits per heavy atom. The summed E-state index contributed by atoms with van der Waals surface area (Å²) in [4.78, 5) is 22.3. The van der Waals surface area contributed by atoms with Crippen LogP contribution in [-0.4, -0.2) is 25.7 Å². The van der Waals surface area contributed by atoms with Crippen LogP contribution in [0.25, 0.3) is 22.6 Å². The zero-order valence-corrected chi connectivity index (χ0v) is 17.0. The number of hydrogen-bond donors (Lipinski definition) is 1. The fraction of sp³-hybridized carbons (Fsp3) is 0.136. The second-order valence-electron chi connectivity index (χ2n) is 6.95. The molecule has 1 N–H and O–H groups in total. The van der Waals surface area contributed by atoms with Gasteiger partial charge in [-0.1, -0.05) is 29.5 Å². The summed E-state index contributed by atoms with van der Waals surface area (Å²) in [5.41, 5.74) is 2.67. The van der Waals surface area contributed by atoms with Crippen molar-refractivity contribution in [1.29, 1.82) is 5.26 Å². The number of benzene rings is 1. The minimum atomic E-state index is -0.438. The number of thiazole rings is 1. The van der Waals surface area contributed by atoms with Gasteiger partial charge in [-0.05, 0) is 37.1 Å². The first-order valence-electron chi connectivity index (χ1n) is 9.64. The number of pyridine rings is 1. The van der Waals surface area contributed by atoms with Gasteiger partial charge in [0.15, 0.2) is 5.13 Å². The molecular formula is C22H15FN6OS. The van der Waals surface area contributed by atoms with Crippen LogP contribution in [-0.2, 0) is 13.0 Å². The molecule has 3 aromatic heterocycles. The minimum Gasteiger partial charge on any atom is -0.298 e. The Bertz CT molecular complexity index is 1340. The number of aryl methyl sites for hydroxylation is 1. The van der Waals surface area contributed by atoms with Crippen molar-refractivity contribution in [3.63, 3.8) is 0 Å². The van der Waals surface area contributed by atoms with Crippen molar-refractivity contribution in [3.05, 3.63) is 70.6 Å². The van der Waals surface area contributed by atoms with E-state index in [1.807, 2.05) is 0 Å². The van der Waals surface area contributed by atoms with Crippen molar-refractivity contribution in [2.75, 3.05) is 5.32 Å². The van der Waals surface area contributed by atoms with E-state index in [1.54, 1.807) is 47.3 Å². The van der Waals surface area contributed by atoms with E-state index in [1.165, 1.54) is 6.07 Å². The molecule has 0 unspecified atom stereocenters. The van der Waals surface area contributed by atoms with E-state index < -0.39 is 11.7 Å². The summed E-state index contributed by atoms with van der Waals surface area (Å²) in [6.45, 7) is 0.684. The number of fused-ring (bicyclic) bond motifs is 1. The predicted molar refractivity (Wildman–Crippen MR) is 114 cm³/mol. The van der Waals surface area contributed by atoms with Gasteiger partial charge in [0, 0.05) is 18.3 Å². The van der Waals surface area contributed by atoms with Crippen LogP contribution in [0.4, 0.5) is 9.52 Å². The van der Waals surface area contributed by atoms with Gasteiger partial charge in [0.1, 0.15) is 28.2 Å². The number of nitrogens with one attached hydrogen (secondary N) is 1. The average molecular weight is 430 g/mol. The highest BCUT2D eigenvalue weighted by Crippen LogP contribution is 2.33. The van der Waals surface area contributed by atoms with E-state index in [4.69, 9.17) is 0 Å². The molecule has 0 bridgehead atoms. The highest BCUT2D eigenvalue weighted by molar-refractivity contribution is 7.16. The third-order valence-corrected chi connectivity index (χ3v) is 5.93. The first-order valence-corrected chi connectivity index (χ1v) is 10.5. The number of hydrogen-bond acceptors (Lipinski definition) is 6. The molecule has 1 amide bonds. The van der Waals surface area contributed by atoms with Gasteiger partial charge in [-0.2, -0.15) is 10.4 Å². The molecule has 0 radical (unpaired) electrons. The largest absolute Gasteiger partial charge is 0.298 e. The molecule has 1 aliphatic rings. The third kappa shape index (κ3) is 3.37. The van der Waals surface area contributed by atoms with Crippen LogP contribution in [0.2, 0.25) is 0 Å². The molecule has 31 heavy (non-hydrogen) atoms. The van der Waals surface area contributed by atoms with Crippen molar-refractivity contribution in [3.8, 4) is 28.7 Å². The highest BCUT2D eigenvalue weighted by Gasteiger charge is 2.29. The van der Waals surface area contributed by atoms with E-state index in [2.05, 4.69) is 26.5 Å². The smallest absolute Gasteiger partial charge is 0.261 e. The molecule has 5 rings (SSSR count). The SMILES string of the molecule is N#Cc1sc(NC(=O)c2c(-c3ccccc3F)nn3c2CCC3)nc1-c1ccccn1. The van der Waals surface area contributed by atoms with Gasteiger partial charge in [0.05, 0.1) is 17.0 Å². The topological polar surface area (TPSA) is 96.5 Å². The number of anilines is 1. The number of carbonyl (C=O) groups excluding carboxylic acids is 1. The molecule has 7 nitrogen and oxygen atoms in total. The summed E-state index contributed by atoms with van der Waals surface area (Å²) < 4.78 is 16.2. The lowest BCUT2D eigenvalue weighted by atomic mass is 10.0. The molecule has 4 heterocycles. The normalized spacial score (nSPS) is 12.4. The maximum Gasteiger partial charge on any atom is 0.261 e. The van der Waals surface area contributed by atoms with E-state index in [9.17, 15) is 14.4 Å². The van der Waals surface area contributed by atoms with Crippen LogP contribution in [0.5, 0.6) is 0 Å². The predicted octanol–water partition coefficient (Wildman–Crippen LogP) is 4.28. The first-order chi connectivity index (χ1) is 15.2. The molecule has 9 heteroatoms. The molecule has 1 aliphatic heterocycles. The molecule has 0 saturated carbocycles. The van der Waals surface area contributed by atoms with E-state index in [0.717, 1.165) is 23.5 Å². The molecule has 0 aliphatic carbocycles. The second-order valence-corrected chi connectivity index (χ2v) is 7.95. The average Bonchev–Trinajstić information content (AvgIpc) is 3.48.